The van der Waals surface area contributed by atoms with Crippen LogP contribution in [0, 0.1) is 0 Å². The summed E-state index contributed by atoms with van der Waals surface area (Å²) >= 11 is 5.57. The molecule has 0 aliphatic heterocycles. The van der Waals surface area contributed by atoms with Crippen LogP contribution >= 0.6 is 11.6 Å². The molecule has 0 saturated heterocycles. The van der Waals surface area contributed by atoms with Crippen molar-refractivity contribution in [1.82, 2.24) is 9.71 Å². The molecule has 5 nitrogen and oxygen atoms in total. The number of fused-ring (bicyclic) bond motifs is 1. The van der Waals surface area contributed by atoms with Gasteiger partial charge in [-0.1, -0.05) is 11.6 Å². The zero-order valence-corrected chi connectivity index (χ0v) is 9.13. The summed E-state index contributed by atoms with van der Waals surface area (Å²) in [7, 11) is 0. The van der Waals surface area contributed by atoms with Gasteiger partial charge in [-0.05, 0) is 12.1 Å². The molecule has 96 valence electrons. The van der Waals surface area contributed by atoms with Gasteiger partial charge in [-0.3, -0.25) is 9.59 Å². The Balaban J connectivity index is 2.98. The second-order valence-electron chi connectivity index (χ2n) is 3.42. The molecule has 2 aromatic rings. The van der Waals surface area contributed by atoms with Crippen molar-refractivity contribution >= 4 is 22.6 Å². The lowest BCUT2D eigenvalue weighted by Gasteiger charge is -2.10. The highest BCUT2D eigenvalue weighted by molar-refractivity contribution is 6.35. The second-order valence-corrected chi connectivity index (χ2v) is 3.83. The monoisotopic (exact) mass is 280 g/mol. The lowest BCUT2D eigenvalue weighted by atomic mass is 10.2. The number of alkyl halides is 3. The minimum absolute atomic E-state index is 0.171. The molecule has 1 heterocycles. The van der Waals surface area contributed by atoms with E-state index in [1.165, 1.54) is 0 Å². The maximum Gasteiger partial charge on any atom is 0.416 e. The van der Waals surface area contributed by atoms with Crippen LogP contribution in [0.2, 0.25) is 5.02 Å². The molecule has 1 aromatic heterocycles. The van der Waals surface area contributed by atoms with Crippen LogP contribution in [-0.4, -0.2) is 14.9 Å². The van der Waals surface area contributed by atoms with E-state index in [1.807, 2.05) is 4.98 Å². The van der Waals surface area contributed by atoms with Gasteiger partial charge in [0.15, 0.2) is 0 Å². The van der Waals surface area contributed by atoms with Gasteiger partial charge in [-0.2, -0.15) is 13.2 Å². The van der Waals surface area contributed by atoms with E-state index in [0.717, 1.165) is 0 Å². The zero-order valence-electron chi connectivity index (χ0n) is 8.38. The Morgan fingerprint density at radius 1 is 1.28 bits per heavy atom. The number of aromatic nitrogens is 2. The van der Waals surface area contributed by atoms with Crippen molar-refractivity contribution in [2.24, 2.45) is 0 Å². The van der Waals surface area contributed by atoms with Crippen molar-refractivity contribution in [3.8, 4) is 0 Å². The predicted octanol–water partition coefficient (Wildman–Crippen LogP) is 1.60. The van der Waals surface area contributed by atoms with Crippen LogP contribution in [-0.2, 0) is 6.18 Å². The molecule has 0 bridgehead atoms. The largest absolute Gasteiger partial charge is 0.425 e. The minimum atomic E-state index is -4.69. The first kappa shape index (κ1) is 12.5. The summed E-state index contributed by atoms with van der Waals surface area (Å²) in [5.41, 5.74) is -4.50. The first-order chi connectivity index (χ1) is 8.21. The van der Waals surface area contributed by atoms with Crippen LogP contribution in [0.15, 0.2) is 21.7 Å². The molecule has 0 aliphatic rings. The van der Waals surface area contributed by atoms with E-state index in [-0.39, 0.29) is 10.2 Å². The molecule has 0 atom stereocenters. The highest BCUT2D eigenvalue weighted by Gasteiger charge is 2.32. The molecule has 18 heavy (non-hydrogen) atoms. The van der Waals surface area contributed by atoms with Gasteiger partial charge in [0, 0.05) is 0 Å². The fraction of sp³-hybridized carbons (Fsp3) is 0.111. The normalized spacial score (nSPS) is 12.0. The first-order valence-corrected chi connectivity index (χ1v) is 4.84. The molecule has 1 aromatic carbocycles. The fourth-order valence-corrected chi connectivity index (χ4v) is 1.68. The number of aromatic amines is 1. The Morgan fingerprint density at radius 2 is 1.89 bits per heavy atom. The molecule has 0 fully saturated rings. The van der Waals surface area contributed by atoms with Crippen molar-refractivity contribution in [2.75, 3.05) is 0 Å². The van der Waals surface area contributed by atoms with E-state index in [2.05, 4.69) is 0 Å². The predicted molar refractivity (Wildman–Crippen MR) is 56.0 cm³/mol. The molecule has 0 spiro atoms. The average Bonchev–Trinajstić information content (AvgIpc) is 2.26. The third-order valence-electron chi connectivity index (χ3n) is 2.25. The van der Waals surface area contributed by atoms with Gasteiger partial charge in [0.05, 0.1) is 16.1 Å². The molecular weight excluding hydrogens is 277 g/mol. The molecule has 0 saturated carbocycles. The van der Waals surface area contributed by atoms with Gasteiger partial charge >= 0.3 is 17.3 Å². The molecule has 2 N–H and O–H groups in total. The third kappa shape index (κ3) is 1.84. The average molecular weight is 281 g/mol. The number of hydrogen-bond acceptors (Lipinski definition) is 3. The maximum absolute atomic E-state index is 12.5. The van der Waals surface area contributed by atoms with E-state index in [1.54, 1.807) is 0 Å². The van der Waals surface area contributed by atoms with E-state index >= 15 is 0 Å². The fourth-order valence-electron chi connectivity index (χ4n) is 1.42. The van der Waals surface area contributed by atoms with Gasteiger partial charge in [0.1, 0.15) is 5.52 Å². The summed E-state index contributed by atoms with van der Waals surface area (Å²) < 4.78 is 37.4. The Labute approximate surface area is 101 Å². The molecular formula is C9H4ClF3N2O3. The van der Waals surface area contributed by atoms with Crippen LogP contribution in [0.4, 0.5) is 13.2 Å². The van der Waals surface area contributed by atoms with Crippen molar-refractivity contribution in [3.63, 3.8) is 0 Å². The lowest BCUT2D eigenvalue weighted by Crippen LogP contribution is -2.35. The SMILES string of the molecule is O=c1[nH]c2c(Cl)cc(C(F)(F)F)cc2n(O)c1=O. The number of halogens is 4. The topological polar surface area (TPSA) is 75.1 Å². The quantitative estimate of drug-likeness (QED) is 0.568. The minimum Gasteiger partial charge on any atom is -0.425 e. The van der Waals surface area contributed by atoms with E-state index in [4.69, 9.17) is 11.6 Å². The summed E-state index contributed by atoms with van der Waals surface area (Å²) in [6, 6.07) is 1.10. The van der Waals surface area contributed by atoms with Crippen LogP contribution in [0.25, 0.3) is 11.0 Å². The number of H-pyrrole nitrogens is 1. The highest BCUT2D eigenvalue weighted by atomic mass is 35.5. The van der Waals surface area contributed by atoms with Gasteiger partial charge in [0.2, 0.25) is 0 Å². The van der Waals surface area contributed by atoms with Crippen molar-refractivity contribution < 1.29 is 18.4 Å². The Hall–Kier alpha value is -1.96. The Kier molecular flexibility index (Phi) is 2.62. The Bertz CT molecular complexity index is 748. The van der Waals surface area contributed by atoms with Crippen molar-refractivity contribution in [1.29, 1.82) is 0 Å². The van der Waals surface area contributed by atoms with Gasteiger partial charge in [-0.25, -0.2) is 0 Å². The summed E-state index contributed by atoms with van der Waals surface area (Å²) in [5.74, 6) is 0. The third-order valence-corrected chi connectivity index (χ3v) is 2.55. The number of hydrogen-bond donors (Lipinski definition) is 2. The molecule has 0 unspecified atom stereocenters. The van der Waals surface area contributed by atoms with Crippen LogP contribution in [0.3, 0.4) is 0 Å². The smallest absolute Gasteiger partial charge is 0.416 e. The number of nitrogens with zero attached hydrogens (tertiary/aromatic N) is 1. The summed E-state index contributed by atoms with van der Waals surface area (Å²) in [5, 5.41) is 8.88. The lowest BCUT2D eigenvalue weighted by molar-refractivity contribution is -0.137. The molecule has 9 heteroatoms. The molecule has 0 radical (unpaired) electrons. The maximum atomic E-state index is 12.5. The number of benzene rings is 1. The van der Waals surface area contributed by atoms with Crippen molar-refractivity contribution in [2.45, 2.75) is 6.18 Å². The number of nitrogens with one attached hydrogen (secondary N) is 1. The molecule has 0 aliphatic carbocycles. The van der Waals surface area contributed by atoms with Crippen LogP contribution in [0.5, 0.6) is 0 Å². The van der Waals surface area contributed by atoms with E-state index in [9.17, 15) is 28.0 Å². The number of rotatable bonds is 0. The van der Waals surface area contributed by atoms with Gasteiger partial charge in [-0.15, -0.1) is 4.73 Å². The van der Waals surface area contributed by atoms with E-state index in [0.29, 0.717) is 12.1 Å². The van der Waals surface area contributed by atoms with Gasteiger partial charge < -0.3 is 10.2 Å². The first-order valence-electron chi connectivity index (χ1n) is 4.47. The molecule has 0 amide bonds. The summed E-state index contributed by atoms with van der Waals surface area (Å²) in [4.78, 5) is 24.2. The van der Waals surface area contributed by atoms with Crippen molar-refractivity contribution in [3.05, 3.63) is 43.4 Å². The second kappa shape index (κ2) is 3.77. The zero-order chi connectivity index (χ0) is 13.7. The van der Waals surface area contributed by atoms with E-state index < -0.39 is 33.4 Å². The van der Waals surface area contributed by atoms with Crippen LogP contribution < -0.4 is 11.1 Å². The highest BCUT2D eigenvalue weighted by Crippen LogP contribution is 2.33. The summed E-state index contributed by atoms with van der Waals surface area (Å²) in [6.07, 6.45) is -4.69. The molecule has 2 rings (SSSR count). The van der Waals surface area contributed by atoms with Gasteiger partial charge in [0.25, 0.3) is 0 Å². The standard InChI is InChI=1S/C9H4ClF3N2O3/c10-4-1-3(9(11,12)13)2-5-6(4)14-7(16)8(17)15(5)18/h1-2,18H,(H,14,16). The summed E-state index contributed by atoms with van der Waals surface area (Å²) in [6.45, 7) is 0. The Morgan fingerprint density at radius 3 is 2.44 bits per heavy atom. The van der Waals surface area contributed by atoms with Crippen LogP contribution in [0.1, 0.15) is 5.56 Å².